The van der Waals surface area contributed by atoms with Gasteiger partial charge in [0, 0.05) is 43.2 Å². The predicted octanol–water partition coefficient (Wildman–Crippen LogP) is 3.76. The number of anilines is 1. The van der Waals surface area contributed by atoms with E-state index in [0.29, 0.717) is 0 Å². The Morgan fingerprint density at radius 2 is 1.92 bits per heavy atom. The lowest BCUT2D eigenvalue weighted by atomic mass is 9.91. The van der Waals surface area contributed by atoms with Crippen molar-refractivity contribution in [1.29, 1.82) is 0 Å². The summed E-state index contributed by atoms with van der Waals surface area (Å²) in [6.45, 7) is 6.53. The van der Waals surface area contributed by atoms with Gasteiger partial charge in [-0.25, -0.2) is 14.6 Å². The Hall–Kier alpha value is -4.05. The van der Waals surface area contributed by atoms with Gasteiger partial charge < -0.3 is 18.9 Å². The summed E-state index contributed by atoms with van der Waals surface area (Å²) in [6, 6.07) is 5.93. The van der Waals surface area contributed by atoms with Crippen molar-refractivity contribution in [2.24, 2.45) is 7.05 Å². The Bertz CT molecular complexity index is 1670. The van der Waals surface area contributed by atoms with Crippen LogP contribution >= 0.6 is 0 Å². The summed E-state index contributed by atoms with van der Waals surface area (Å²) in [4.78, 5) is 21.4. The van der Waals surface area contributed by atoms with Crippen LogP contribution in [-0.2, 0) is 11.8 Å². The molecule has 188 valence electrons. The SMILES string of the molecule is COc1ccncc1-c1cc2c(cnn2-c2cc3c(nc(C)n3C)c(N3CC4(CCCO4)C3)n2)c(C)n1. The second-order valence-corrected chi connectivity index (χ2v) is 10.0. The quantitative estimate of drug-likeness (QED) is 0.371. The number of hydrogen-bond acceptors (Lipinski definition) is 8. The normalized spacial score (nSPS) is 16.7. The maximum atomic E-state index is 6.08. The highest BCUT2D eigenvalue weighted by Crippen LogP contribution is 2.40. The van der Waals surface area contributed by atoms with Crippen LogP contribution in [0.15, 0.2) is 36.8 Å². The Morgan fingerprint density at radius 1 is 1.05 bits per heavy atom. The van der Waals surface area contributed by atoms with Crippen LogP contribution in [0, 0.1) is 13.8 Å². The molecule has 5 aromatic heterocycles. The van der Waals surface area contributed by atoms with Gasteiger partial charge in [0.15, 0.2) is 11.6 Å². The number of imidazole rings is 1. The number of fused-ring (bicyclic) bond motifs is 2. The maximum Gasteiger partial charge on any atom is 0.159 e. The van der Waals surface area contributed by atoms with E-state index >= 15 is 0 Å². The summed E-state index contributed by atoms with van der Waals surface area (Å²) in [7, 11) is 3.69. The molecule has 0 radical (unpaired) electrons. The van der Waals surface area contributed by atoms with Gasteiger partial charge in [0.2, 0.25) is 0 Å². The van der Waals surface area contributed by atoms with Crippen LogP contribution in [0.5, 0.6) is 5.75 Å². The zero-order chi connectivity index (χ0) is 25.3. The largest absolute Gasteiger partial charge is 0.496 e. The monoisotopic (exact) mass is 496 g/mol. The first-order chi connectivity index (χ1) is 18.0. The maximum absolute atomic E-state index is 6.08. The smallest absolute Gasteiger partial charge is 0.159 e. The Morgan fingerprint density at radius 3 is 2.70 bits per heavy atom. The summed E-state index contributed by atoms with van der Waals surface area (Å²) in [5, 5.41) is 5.73. The fraction of sp³-hybridized carbons (Fsp3) is 0.370. The third-order valence-corrected chi connectivity index (χ3v) is 7.76. The highest BCUT2D eigenvalue weighted by molar-refractivity contribution is 5.91. The zero-order valence-electron chi connectivity index (χ0n) is 21.4. The third kappa shape index (κ3) is 3.32. The van der Waals surface area contributed by atoms with Gasteiger partial charge >= 0.3 is 0 Å². The molecule has 10 nitrogen and oxygen atoms in total. The molecule has 2 saturated heterocycles. The minimum atomic E-state index is -0.0350. The number of nitrogens with zero attached hydrogens (tertiary/aromatic N) is 8. The van der Waals surface area contributed by atoms with Crippen LogP contribution in [0.3, 0.4) is 0 Å². The van der Waals surface area contributed by atoms with Crippen molar-refractivity contribution >= 4 is 27.8 Å². The number of aromatic nitrogens is 7. The molecule has 0 atom stereocenters. The van der Waals surface area contributed by atoms with E-state index in [0.717, 1.165) is 94.6 Å². The molecular formula is C27H28N8O2. The van der Waals surface area contributed by atoms with E-state index in [-0.39, 0.29) is 5.60 Å². The lowest BCUT2D eigenvalue weighted by Gasteiger charge is -2.47. The van der Waals surface area contributed by atoms with Gasteiger partial charge in [0.25, 0.3) is 0 Å². The number of rotatable bonds is 4. The molecular weight excluding hydrogens is 468 g/mol. The lowest BCUT2D eigenvalue weighted by molar-refractivity contribution is -0.0182. The van der Waals surface area contributed by atoms with Crippen molar-refractivity contribution in [3.63, 3.8) is 0 Å². The molecule has 0 bridgehead atoms. The number of methoxy groups -OCH3 is 1. The van der Waals surface area contributed by atoms with E-state index in [1.54, 1.807) is 19.5 Å². The molecule has 5 aromatic rings. The molecule has 0 unspecified atom stereocenters. The Balaban J connectivity index is 1.39. The van der Waals surface area contributed by atoms with Crippen molar-refractivity contribution in [2.75, 3.05) is 31.7 Å². The average molecular weight is 497 g/mol. The van der Waals surface area contributed by atoms with Crippen molar-refractivity contribution < 1.29 is 9.47 Å². The number of hydrogen-bond donors (Lipinski definition) is 0. The Kier molecular flexibility index (Phi) is 4.78. The van der Waals surface area contributed by atoms with Gasteiger partial charge in [-0.1, -0.05) is 0 Å². The van der Waals surface area contributed by atoms with Crippen LogP contribution < -0.4 is 9.64 Å². The van der Waals surface area contributed by atoms with Gasteiger partial charge in [-0.3, -0.25) is 9.97 Å². The second kappa shape index (κ2) is 7.97. The number of aryl methyl sites for hydroxylation is 3. The first-order valence-corrected chi connectivity index (χ1v) is 12.5. The molecule has 2 aliphatic heterocycles. The molecule has 7 heterocycles. The molecule has 0 saturated carbocycles. The van der Waals surface area contributed by atoms with E-state index in [1.807, 2.05) is 43.9 Å². The van der Waals surface area contributed by atoms with Crippen molar-refractivity contribution in [1.82, 2.24) is 34.3 Å². The summed E-state index contributed by atoms with van der Waals surface area (Å²) >= 11 is 0. The Labute approximate surface area is 213 Å². The van der Waals surface area contributed by atoms with E-state index in [2.05, 4.69) is 20.5 Å². The topological polar surface area (TPSA) is 96.0 Å². The summed E-state index contributed by atoms with van der Waals surface area (Å²) in [5.74, 6) is 3.28. The predicted molar refractivity (Wildman–Crippen MR) is 140 cm³/mol. The van der Waals surface area contributed by atoms with Gasteiger partial charge in [-0.05, 0) is 38.8 Å². The van der Waals surface area contributed by atoms with Crippen LogP contribution in [-0.4, -0.2) is 66.7 Å². The zero-order valence-corrected chi connectivity index (χ0v) is 21.4. The summed E-state index contributed by atoms with van der Waals surface area (Å²) in [5.41, 5.74) is 5.30. The van der Waals surface area contributed by atoms with E-state index in [9.17, 15) is 0 Å². The minimum Gasteiger partial charge on any atom is -0.496 e. The molecule has 0 N–H and O–H groups in total. The average Bonchev–Trinajstić information content (AvgIpc) is 3.61. The highest BCUT2D eigenvalue weighted by atomic mass is 16.5. The first kappa shape index (κ1) is 22.2. The minimum absolute atomic E-state index is 0.0350. The van der Waals surface area contributed by atoms with Crippen molar-refractivity contribution in [2.45, 2.75) is 32.3 Å². The van der Waals surface area contributed by atoms with Crippen LogP contribution in [0.2, 0.25) is 0 Å². The second-order valence-electron chi connectivity index (χ2n) is 10.0. The van der Waals surface area contributed by atoms with Crippen LogP contribution in [0.4, 0.5) is 5.82 Å². The van der Waals surface area contributed by atoms with E-state index in [1.165, 1.54) is 0 Å². The van der Waals surface area contributed by atoms with Crippen LogP contribution in [0.25, 0.3) is 39.0 Å². The molecule has 2 aliphatic rings. The van der Waals surface area contributed by atoms with Gasteiger partial charge in [0.1, 0.15) is 22.7 Å². The fourth-order valence-electron chi connectivity index (χ4n) is 5.66. The fourth-order valence-corrected chi connectivity index (χ4v) is 5.66. The van der Waals surface area contributed by atoms with Crippen molar-refractivity contribution in [3.8, 4) is 22.8 Å². The summed E-state index contributed by atoms with van der Waals surface area (Å²) in [6.07, 6.45) is 7.57. The molecule has 0 aromatic carbocycles. The van der Waals surface area contributed by atoms with Gasteiger partial charge in [-0.15, -0.1) is 0 Å². The number of pyridine rings is 3. The van der Waals surface area contributed by atoms with E-state index in [4.69, 9.17) is 29.5 Å². The first-order valence-electron chi connectivity index (χ1n) is 12.5. The van der Waals surface area contributed by atoms with E-state index < -0.39 is 0 Å². The van der Waals surface area contributed by atoms with Gasteiger partial charge in [0.05, 0.1) is 48.7 Å². The van der Waals surface area contributed by atoms with Gasteiger partial charge in [-0.2, -0.15) is 5.10 Å². The lowest BCUT2D eigenvalue weighted by Crippen LogP contribution is -2.62. The molecule has 7 rings (SSSR count). The molecule has 2 fully saturated rings. The van der Waals surface area contributed by atoms with Crippen LogP contribution in [0.1, 0.15) is 24.4 Å². The summed E-state index contributed by atoms with van der Waals surface area (Å²) < 4.78 is 15.7. The number of ether oxygens (including phenoxy) is 2. The molecule has 0 amide bonds. The molecule has 37 heavy (non-hydrogen) atoms. The molecule has 1 spiro atoms. The third-order valence-electron chi connectivity index (χ3n) is 7.76. The highest BCUT2D eigenvalue weighted by Gasteiger charge is 2.47. The van der Waals surface area contributed by atoms with Crippen molar-refractivity contribution in [3.05, 3.63) is 48.3 Å². The standard InChI is InChI=1S/C27H28N8O2/c1-16-18-13-29-35(21(18)10-20(30-16)19-12-28-8-6-23(19)36-4)24-11-22-25(31-17(2)33(22)3)26(32-24)34-14-27(15-34)7-5-9-37-27/h6,8,10-13H,5,7,9,14-15H2,1-4H3. The molecule has 0 aliphatic carbocycles. The molecule has 10 heteroatoms.